The van der Waals surface area contributed by atoms with E-state index in [1.165, 1.54) is 6.21 Å². The lowest BCUT2D eigenvalue weighted by atomic mass is 10.1. The summed E-state index contributed by atoms with van der Waals surface area (Å²) in [7, 11) is 0. The first kappa shape index (κ1) is 18.3. The molecule has 0 unspecified atom stereocenters. The maximum Gasteiger partial charge on any atom is 0.289 e. The zero-order valence-corrected chi connectivity index (χ0v) is 16.8. The summed E-state index contributed by atoms with van der Waals surface area (Å²) in [6.07, 6.45) is 1.36. The maximum absolute atomic E-state index is 12.2. The lowest BCUT2D eigenvalue weighted by molar-refractivity contribution is 0.0950. The smallest absolute Gasteiger partial charge is 0.289 e. The zero-order valence-electron chi connectivity index (χ0n) is 13.6. The van der Waals surface area contributed by atoms with Crippen molar-refractivity contribution in [1.29, 1.82) is 0 Å². The summed E-state index contributed by atoms with van der Waals surface area (Å²) in [4.78, 5) is 12.2. The number of nitrogens with zero attached hydrogens (tertiary/aromatic N) is 2. The Morgan fingerprint density at radius 3 is 2.69 bits per heavy atom. The van der Waals surface area contributed by atoms with Crippen molar-refractivity contribution >= 4 is 44.0 Å². The number of nitrogens with one attached hydrogen (secondary N) is 2. The fourth-order valence-electron chi connectivity index (χ4n) is 2.22. The standard InChI is InChI=1S/C18H14Br2N4O2/c1-10-2-4-11(5-3-10)15-8-16(23-22-15)18(26)24-21-9-12-6-13(19)7-14(20)17(12)25/h2-9,25H,1H3,(H,22,23)(H,24,26)/b21-9+. The lowest BCUT2D eigenvalue weighted by Crippen LogP contribution is -2.18. The first-order chi connectivity index (χ1) is 12.4. The minimum atomic E-state index is -0.430. The van der Waals surface area contributed by atoms with E-state index in [2.05, 4.69) is 52.6 Å². The molecule has 0 aliphatic rings. The Balaban J connectivity index is 1.70. The highest BCUT2D eigenvalue weighted by molar-refractivity contribution is 9.11. The summed E-state index contributed by atoms with van der Waals surface area (Å²) in [5.74, 6) is -0.393. The Labute approximate surface area is 166 Å². The van der Waals surface area contributed by atoms with Gasteiger partial charge < -0.3 is 5.11 Å². The van der Waals surface area contributed by atoms with Crippen LogP contribution in [0.25, 0.3) is 11.3 Å². The van der Waals surface area contributed by atoms with Crippen LogP contribution in [0.15, 0.2) is 56.5 Å². The number of hydrazone groups is 1. The van der Waals surface area contributed by atoms with Crippen LogP contribution in [0.3, 0.4) is 0 Å². The number of carbonyl (C=O) groups excluding carboxylic acids is 1. The molecule has 0 radical (unpaired) electrons. The highest BCUT2D eigenvalue weighted by atomic mass is 79.9. The van der Waals surface area contributed by atoms with Crippen molar-refractivity contribution in [1.82, 2.24) is 15.6 Å². The number of aromatic hydroxyl groups is 1. The fourth-order valence-corrected chi connectivity index (χ4v) is 3.47. The Hall–Kier alpha value is -2.45. The average Bonchev–Trinajstić information content (AvgIpc) is 3.09. The number of hydrogen-bond acceptors (Lipinski definition) is 4. The molecule has 1 amide bonds. The topological polar surface area (TPSA) is 90.4 Å². The molecule has 1 heterocycles. The zero-order chi connectivity index (χ0) is 18.7. The number of benzene rings is 2. The number of rotatable bonds is 4. The number of carbonyl (C=O) groups is 1. The summed E-state index contributed by atoms with van der Waals surface area (Å²) < 4.78 is 1.29. The quantitative estimate of drug-likeness (QED) is 0.384. The van der Waals surface area contributed by atoms with Gasteiger partial charge in [-0.25, -0.2) is 5.43 Å². The van der Waals surface area contributed by atoms with Gasteiger partial charge in [-0.2, -0.15) is 10.2 Å². The van der Waals surface area contributed by atoms with Gasteiger partial charge in [0.25, 0.3) is 5.91 Å². The summed E-state index contributed by atoms with van der Waals surface area (Å²) in [6.45, 7) is 2.01. The molecule has 132 valence electrons. The predicted octanol–water partition coefficient (Wildman–Crippen LogP) is 4.38. The third-order valence-electron chi connectivity index (χ3n) is 3.60. The third kappa shape index (κ3) is 4.20. The van der Waals surface area contributed by atoms with Crippen molar-refractivity contribution in [3.63, 3.8) is 0 Å². The van der Waals surface area contributed by atoms with E-state index in [9.17, 15) is 9.90 Å². The van der Waals surface area contributed by atoms with Crippen LogP contribution >= 0.6 is 31.9 Å². The molecule has 6 nitrogen and oxygen atoms in total. The van der Waals surface area contributed by atoms with Crippen LogP contribution in [0.1, 0.15) is 21.6 Å². The number of phenolic OH excluding ortho intramolecular Hbond substituents is 1. The van der Waals surface area contributed by atoms with Crippen LogP contribution in [0, 0.1) is 6.92 Å². The van der Waals surface area contributed by atoms with Crippen molar-refractivity contribution in [2.75, 3.05) is 0 Å². The van der Waals surface area contributed by atoms with E-state index in [1.807, 2.05) is 31.2 Å². The van der Waals surface area contributed by atoms with Crippen molar-refractivity contribution < 1.29 is 9.90 Å². The molecule has 0 aliphatic heterocycles. The summed E-state index contributed by atoms with van der Waals surface area (Å²) in [5.41, 5.74) is 5.89. The van der Waals surface area contributed by atoms with Gasteiger partial charge in [-0.05, 0) is 41.1 Å². The van der Waals surface area contributed by atoms with Crippen molar-refractivity contribution in [3.8, 4) is 17.0 Å². The molecule has 0 saturated heterocycles. The molecule has 0 aliphatic carbocycles. The van der Waals surface area contributed by atoms with Crippen LogP contribution in [-0.4, -0.2) is 27.4 Å². The molecule has 1 aromatic heterocycles. The normalized spacial score (nSPS) is 11.0. The van der Waals surface area contributed by atoms with Crippen LogP contribution in [0.4, 0.5) is 0 Å². The van der Waals surface area contributed by atoms with Gasteiger partial charge in [-0.1, -0.05) is 45.8 Å². The Kier molecular flexibility index (Phi) is 5.53. The summed E-state index contributed by atoms with van der Waals surface area (Å²) in [5, 5.41) is 20.7. The number of hydrogen-bond donors (Lipinski definition) is 3. The largest absolute Gasteiger partial charge is 0.506 e. The Morgan fingerprint density at radius 2 is 1.96 bits per heavy atom. The number of aromatic amines is 1. The molecule has 0 atom stereocenters. The molecule has 0 bridgehead atoms. The highest BCUT2D eigenvalue weighted by Gasteiger charge is 2.11. The molecule has 8 heteroatoms. The van der Waals surface area contributed by atoms with Gasteiger partial charge in [0, 0.05) is 15.6 Å². The van der Waals surface area contributed by atoms with E-state index in [0.717, 1.165) is 15.6 Å². The van der Waals surface area contributed by atoms with Gasteiger partial charge in [0.2, 0.25) is 0 Å². The van der Waals surface area contributed by atoms with Gasteiger partial charge in [0.05, 0.1) is 16.4 Å². The number of phenols is 1. The maximum atomic E-state index is 12.2. The molecular formula is C18H14Br2N4O2. The Bertz CT molecular complexity index is 981. The van der Waals surface area contributed by atoms with Gasteiger partial charge in [-0.3, -0.25) is 9.89 Å². The van der Waals surface area contributed by atoms with Crippen LogP contribution in [0.5, 0.6) is 5.75 Å². The minimum absolute atomic E-state index is 0.0365. The first-order valence-electron chi connectivity index (χ1n) is 7.58. The fraction of sp³-hybridized carbons (Fsp3) is 0.0556. The average molecular weight is 478 g/mol. The second-order valence-electron chi connectivity index (χ2n) is 5.56. The van der Waals surface area contributed by atoms with Gasteiger partial charge in [0.15, 0.2) is 0 Å². The SMILES string of the molecule is Cc1ccc(-c2cc(C(=O)N/N=C/c3cc(Br)cc(Br)c3O)[nH]n2)cc1. The summed E-state index contributed by atoms with van der Waals surface area (Å²) >= 11 is 6.57. The van der Waals surface area contributed by atoms with Crippen molar-refractivity contribution in [2.24, 2.45) is 5.10 Å². The van der Waals surface area contributed by atoms with E-state index in [4.69, 9.17) is 0 Å². The van der Waals surface area contributed by atoms with E-state index >= 15 is 0 Å². The van der Waals surface area contributed by atoms with Crippen molar-refractivity contribution in [2.45, 2.75) is 6.92 Å². The predicted molar refractivity (Wildman–Crippen MR) is 107 cm³/mol. The van der Waals surface area contributed by atoms with E-state index in [-0.39, 0.29) is 11.4 Å². The number of amides is 1. The van der Waals surface area contributed by atoms with Gasteiger partial charge >= 0.3 is 0 Å². The van der Waals surface area contributed by atoms with E-state index in [0.29, 0.717) is 15.7 Å². The Morgan fingerprint density at radius 1 is 1.23 bits per heavy atom. The molecule has 2 aromatic carbocycles. The number of halogens is 2. The minimum Gasteiger partial charge on any atom is -0.506 e. The second-order valence-corrected chi connectivity index (χ2v) is 7.33. The monoisotopic (exact) mass is 476 g/mol. The molecule has 0 fully saturated rings. The van der Waals surface area contributed by atoms with Crippen LogP contribution in [-0.2, 0) is 0 Å². The number of aryl methyl sites for hydroxylation is 1. The van der Waals surface area contributed by atoms with Crippen LogP contribution < -0.4 is 5.43 Å². The molecule has 0 saturated carbocycles. The number of H-pyrrole nitrogens is 1. The molecular weight excluding hydrogens is 464 g/mol. The van der Waals surface area contributed by atoms with Crippen LogP contribution in [0.2, 0.25) is 0 Å². The molecule has 3 rings (SSSR count). The molecule has 3 N–H and O–H groups in total. The van der Waals surface area contributed by atoms with E-state index < -0.39 is 5.91 Å². The highest BCUT2D eigenvalue weighted by Crippen LogP contribution is 2.30. The second kappa shape index (κ2) is 7.84. The third-order valence-corrected chi connectivity index (χ3v) is 4.66. The summed E-state index contributed by atoms with van der Waals surface area (Å²) in [6, 6.07) is 12.9. The first-order valence-corrected chi connectivity index (χ1v) is 9.16. The number of aromatic nitrogens is 2. The van der Waals surface area contributed by atoms with Crippen molar-refractivity contribution in [3.05, 3.63) is 68.2 Å². The van der Waals surface area contributed by atoms with Gasteiger partial charge in [-0.15, -0.1) is 0 Å². The van der Waals surface area contributed by atoms with E-state index in [1.54, 1.807) is 18.2 Å². The molecule has 0 spiro atoms. The molecule has 3 aromatic rings. The molecule has 26 heavy (non-hydrogen) atoms. The van der Waals surface area contributed by atoms with Gasteiger partial charge in [0.1, 0.15) is 11.4 Å². The lowest BCUT2D eigenvalue weighted by Gasteiger charge is -2.02.